The molecule has 10 nitrogen and oxygen atoms in total. The highest BCUT2D eigenvalue weighted by atomic mass is 19.4. The number of unbranched alkanes of at least 4 members (excludes halogenated alkanes) is 4. The van der Waals surface area contributed by atoms with Crippen LogP contribution in [0.3, 0.4) is 0 Å². The van der Waals surface area contributed by atoms with Gasteiger partial charge in [0, 0.05) is 6.61 Å². The molecular weight excluding hydrogens is 629 g/mol. The number of carbonyl (C=O) groups is 1. The zero-order chi connectivity index (χ0) is 34.6. The number of aliphatic hydroxyl groups is 1. The molecule has 0 saturated carbocycles. The van der Waals surface area contributed by atoms with Crippen molar-refractivity contribution in [3.63, 3.8) is 0 Å². The molecule has 1 atom stereocenters. The number of alkyl halides is 3. The summed E-state index contributed by atoms with van der Waals surface area (Å²) in [5, 5.41) is 19.7. The van der Waals surface area contributed by atoms with E-state index in [9.17, 15) is 18.0 Å². The summed E-state index contributed by atoms with van der Waals surface area (Å²) >= 11 is 0. The predicted octanol–water partition coefficient (Wildman–Crippen LogP) is 8.67. The van der Waals surface area contributed by atoms with Crippen LogP contribution in [-0.4, -0.2) is 38.6 Å². The number of pyridine rings is 1. The number of benzene rings is 2. The van der Waals surface area contributed by atoms with E-state index in [-0.39, 0.29) is 43.0 Å². The summed E-state index contributed by atoms with van der Waals surface area (Å²) in [5.74, 6) is -0.867. The Bertz CT molecular complexity index is 1580. The Morgan fingerprint density at radius 1 is 0.896 bits per heavy atom. The predicted molar refractivity (Wildman–Crippen MR) is 172 cm³/mol. The maximum atomic E-state index is 14.3. The summed E-state index contributed by atoms with van der Waals surface area (Å²) in [6, 6.07) is 18.9. The lowest BCUT2D eigenvalue weighted by atomic mass is 10.1. The minimum absolute atomic E-state index is 0.105. The molecule has 2 aromatic heterocycles. The Morgan fingerprint density at radius 2 is 1.52 bits per heavy atom. The van der Waals surface area contributed by atoms with Gasteiger partial charge in [0.05, 0.1) is 12.3 Å². The summed E-state index contributed by atoms with van der Waals surface area (Å²) in [6.45, 7) is 5.09. The number of amides is 1. The van der Waals surface area contributed by atoms with Crippen molar-refractivity contribution in [1.82, 2.24) is 15.2 Å². The van der Waals surface area contributed by atoms with Gasteiger partial charge in [0.25, 0.3) is 5.89 Å². The summed E-state index contributed by atoms with van der Waals surface area (Å²) in [4.78, 5) is 16.9. The van der Waals surface area contributed by atoms with Crippen molar-refractivity contribution in [3.8, 4) is 17.5 Å². The fourth-order valence-corrected chi connectivity index (χ4v) is 4.69. The lowest BCUT2D eigenvalue weighted by Gasteiger charge is -2.21. The van der Waals surface area contributed by atoms with Gasteiger partial charge in [-0.05, 0) is 50.8 Å². The first-order valence-electron chi connectivity index (χ1n) is 15.8. The van der Waals surface area contributed by atoms with Gasteiger partial charge in [0.1, 0.15) is 23.9 Å². The maximum Gasteiger partial charge on any atom is 0.421 e. The van der Waals surface area contributed by atoms with Crippen LogP contribution in [0.2, 0.25) is 0 Å². The Kier molecular flexibility index (Phi) is 12.9. The standard InChI is InChI=1S/C35H41F3N4O6/c1-34(2,3)48-33(44)39-27-21-26(35(36,37)38)30(46-23-25-17-11-8-12-18-25)40-29(27)32-42-41-31(47-32)28(19-13-5-4-6-14-20-43)45-22-24-15-9-7-10-16-24/h7-12,15-18,21,28,43H,4-6,13-14,19-20,22-23H2,1-3H3,(H,39,44)/t28-/m1/s1. The molecule has 0 fully saturated rings. The van der Waals surface area contributed by atoms with Gasteiger partial charge in [-0.2, -0.15) is 13.2 Å². The van der Waals surface area contributed by atoms with Gasteiger partial charge >= 0.3 is 12.3 Å². The molecule has 1 amide bonds. The average molecular weight is 671 g/mol. The molecule has 0 unspecified atom stereocenters. The molecule has 48 heavy (non-hydrogen) atoms. The first kappa shape index (κ1) is 36.3. The lowest BCUT2D eigenvalue weighted by molar-refractivity contribution is -0.139. The van der Waals surface area contributed by atoms with Gasteiger partial charge in [-0.25, -0.2) is 9.78 Å². The smallest absolute Gasteiger partial charge is 0.421 e. The number of nitrogens with one attached hydrogen (secondary N) is 1. The minimum Gasteiger partial charge on any atom is -0.472 e. The first-order valence-corrected chi connectivity index (χ1v) is 15.8. The third-order valence-corrected chi connectivity index (χ3v) is 6.98. The summed E-state index contributed by atoms with van der Waals surface area (Å²) in [6.07, 6.45) is -1.75. The van der Waals surface area contributed by atoms with Gasteiger partial charge in [-0.1, -0.05) is 86.3 Å². The van der Waals surface area contributed by atoms with Crippen LogP contribution >= 0.6 is 0 Å². The second-order valence-corrected chi connectivity index (χ2v) is 12.1. The summed E-state index contributed by atoms with van der Waals surface area (Å²) < 4.78 is 66.0. The van der Waals surface area contributed by atoms with Crippen LogP contribution in [0.4, 0.5) is 23.7 Å². The SMILES string of the molecule is CC(C)(C)OC(=O)Nc1cc(C(F)(F)F)c(OCc2ccccc2)nc1-c1nnc([C@@H](CCCCCCCO)OCc2ccccc2)o1. The topological polar surface area (TPSA) is 129 Å². The number of halogens is 3. The number of nitrogens with zero attached hydrogens (tertiary/aromatic N) is 3. The van der Waals surface area contributed by atoms with Crippen LogP contribution in [0.5, 0.6) is 5.88 Å². The Morgan fingerprint density at radius 3 is 2.15 bits per heavy atom. The third-order valence-electron chi connectivity index (χ3n) is 6.98. The Balaban J connectivity index is 1.68. The normalized spacial score (nSPS) is 12.5. The van der Waals surface area contributed by atoms with E-state index in [2.05, 4.69) is 20.5 Å². The van der Waals surface area contributed by atoms with Crippen molar-refractivity contribution in [2.45, 2.75) is 90.4 Å². The van der Waals surface area contributed by atoms with E-state index in [0.29, 0.717) is 18.1 Å². The van der Waals surface area contributed by atoms with Gasteiger partial charge in [-0.15, -0.1) is 10.2 Å². The van der Waals surface area contributed by atoms with Gasteiger partial charge in [-0.3, -0.25) is 5.32 Å². The molecule has 13 heteroatoms. The third kappa shape index (κ3) is 11.3. The lowest BCUT2D eigenvalue weighted by Crippen LogP contribution is -2.27. The summed E-state index contributed by atoms with van der Waals surface area (Å²) in [5.41, 5.74) is -1.18. The summed E-state index contributed by atoms with van der Waals surface area (Å²) in [7, 11) is 0. The minimum atomic E-state index is -4.88. The van der Waals surface area contributed by atoms with Crippen LogP contribution in [0, 0.1) is 0 Å². The molecule has 4 aromatic rings. The molecule has 2 aromatic carbocycles. The monoisotopic (exact) mass is 670 g/mol. The number of carbonyl (C=O) groups excluding carboxylic acids is 1. The molecule has 4 rings (SSSR count). The molecule has 0 spiro atoms. The van der Waals surface area contributed by atoms with Crippen molar-refractivity contribution in [3.05, 3.63) is 89.3 Å². The van der Waals surface area contributed by atoms with E-state index < -0.39 is 35.4 Å². The molecule has 2 heterocycles. The van der Waals surface area contributed by atoms with Crippen molar-refractivity contribution < 1.29 is 41.7 Å². The van der Waals surface area contributed by atoms with Crippen LogP contribution in [0.1, 0.15) is 88.0 Å². The number of rotatable bonds is 16. The number of ether oxygens (including phenoxy) is 3. The number of anilines is 1. The van der Waals surface area contributed by atoms with Crippen molar-refractivity contribution in [1.29, 1.82) is 0 Å². The van der Waals surface area contributed by atoms with Gasteiger partial charge < -0.3 is 23.7 Å². The van der Waals surface area contributed by atoms with E-state index in [0.717, 1.165) is 37.7 Å². The second kappa shape index (κ2) is 17.1. The fraction of sp³-hybridized carbons (Fsp3) is 0.429. The zero-order valence-electron chi connectivity index (χ0n) is 27.3. The zero-order valence-corrected chi connectivity index (χ0v) is 27.3. The molecule has 0 saturated heterocycles. The van der Waals surface area contributed by atoms with Gasteiger partial charge in [0.15, 0.2) is 5.69 Å². The molecule has 0 aliphatic rings. The maximum absolute atomic E-state index is 14.3. The van der Waals surface area contributed by atoms with Crippen LogP contribution < -0.4 is 10.1 Å². The van der Waals surface area contributed by atoms with Crippen molar-refractivity contribution in [2.75, 3.05) is 11.9 Å². The highest BCUT2D eigenvalue weighted by Gasteiger charge is 2.38. The molecule has 0 aliphatic heterocycles. The largest absolute Gasteiger partial charge is 0.472 e. The number of aliphatic hydroxyl groups excluding tert-OH is 1. The Hall–Kier alpha value is -4.49. The van der Waals surface area contributed by atoms with Crippen molar-refractivity contribution in [2.24, 2.45) is 0 Å². The molecule has 258 valence electrons. The average Bonchev–Trinajstić information content (AvgIpc) is 3.53. The second-order valence-electron chi connectivity index (χ2n) is 12.1. The van der Waals surface area contributed by atoms with Crippen LogP contribution in [0.25, 0.3) is 11.6 Å². The van der Waals surface area contributed by atoms with E-state index in [1.807, 2.05) is 30.3 Å². The number of aromatic nitrogens is 3. The van der Waals surface area contributed by atoms with E-state index >= 15 is 0 Å². The van der Waals surface area contributed by atoms with E-state index in [1.54, 1.807) is 51.1 Å². The number of hydrogen-bond donors (Lipinski definition) is 2. The van der Waals surface area contributed by atoms with E-state index in [4.69, 9.17) is 23.7 Å². The van der Waals surface area contributed by atoms with Crippen LogP contribution in [-0.2, 0) is 28.9 Å². The first-order chi connectivity index (χ1) is 22.9. The highest BCUT2D eigenvalue weighted by molar-refractivity contribution is 5.89. The quantitative estimate of drug-likeness (QED) is 0.113. The Labute approximate surface area is 277 Å². The molecular formula is C35H41F3N4O6. The fourth-order valence-electron chi connectivity index (χ4n) is 4.69. The highest BCUT2D eigenvalue weighted by Crippen LogP contribution is 2.41. The molecule has 2 N–H and O–H groups in total. The number of hydrogen-bond acceptors (Lipinski definition) is 9. The van der Waals surface area contributed by atoms with Crippen LogP contribution in [0.15, 0.2) is 71.1 Å². The van der Waals surface area contributed by atoms with Gasteiger partial charge in [0.2, 0.25) is 11.8 Å². The van der Waals surface area contributed by atoms with E-state index in [1.165, 1.54) is 0 Å². The molecule has 0 aliphatic carbocycles. The molecule has 0 bridgehead atoms. The van der Waals surface area contributed by atoms with Crippen molar-refractivity contribution >= 4 is 11.8 Å². The molecule has 0 radical (unpaired) electrons.